The number of rotatable bonds is 4. The molecule has 0 bridgehead atoms. The first-order chi connectivity index (χ1) is 6.63. The van der Waals surface area contributed by atoms with Gasteiger partial charge in [0.05, 0.1) is 10.7 Å². The van der Waals surface area contributed by atoms with Gasteiger partial charge in [-0.05, 0) is 24.1 Å². The third-order valence-corrected chi connectivity index (χ3v) is 3.68. The third-order valence-electron chi connectivity index (χ3n) is 1.82. The molecule has 0 fully saturated rings. The minimum atomic E-state index is -0.785. The maximum Gasteiger partial charge on any atom is 0.0635 e. The van der Waals surface area contributed by atoms with Gasteiger partial charge in [-0.15, -0.1) is 0 Å². The molecule has 0 aliphatic heterocycles. The summed E-state index contributed by atoms with van der Waals surface area (Å²) in [5, 5.41) is 0.551. The average molecular weight is 232 g/mol. The quantitative estimate of drug-likeness (QED) is 0.810. The van der Waals surface area contributed by atoms with E-state index in [-0.39, 0.29) is 0 Å². The smallest absolute Gasteiger partial charge is 0.0635 e. The molecule has 0 saturated carbocycles. The van der Waals surface area contributed by atoms with Crippen molar-refractivity contribution in [2.75, 3.05) is 11.5 Å². The maximum atomic E-state index is 11.4. The summed E-state index contributed by atoms with van der Waals surface area (Å²) in [5.41, 5.74) is 7.18. The van der Waals surface area contributed by atoms with Crippen molar-refractivity contribution in [1.82, 2.24) is 0 Å². The number of anilines is 1. The fourth-order valence-corrected chi connectivity index (χ4v) is 2.44. The van der Waals surface area contributed by atoms with Crippen LogP contribution in [0.15, 0.2) is 18.2 Å². The van der Waals surface area contributed by atoms with Gasteiger partial charge in [0, 0.05) is 22.3 Å². The number of nitrogens with two attached hydrogens (primary N) is 1. The standard InChI is InChI=1S/C10H14ClNOS/c1-2-5-14(13)7-8-3-4-9(11)10(12)6-8/h3-4,6H,2,5,7,12H2,1H3. The van der Waals surface area contributed by atoms with Gasteiger partial charge in [-0.25, -0.2) is 0 Å². The Hall–Kier alpha value is -0.540. The van der Waals surface area contributed by atoms with Crippen LogP contribution in [-0.2, 0) is 16.6 Å². The van der Waals surface area contributed by atoms with E-state index in [0.29, 0.717) is 16.5 Å². The Morgan fingerprint density at radius 2 is 2.21 bits per heavy atom. The van der Waals surface area contributed by atoms with Gasteiger partial charge in [0.1, 0.15) is 0 Å². The van der Waals surface area contributed by atoms with Crippen LogP contribution in [0.3, 0.4) is 0 Å². The van der Waals surface area contributed by atoms with E-state index in [0.717, 1.165) is 17.7 Å². The van der Waals surface area contributed by atoms with Gasteiger partial charge in [0.25, 0.3) is 0 Å². The van der Waals surface area contributed by atoms with Crippen molar-refractivity contribution in [2.24, 2.45) is 0 Å². The maximum absolute atomic E-state index is 11.4. The molecule has 0 spiro atoms. The molecule has 0 aliphatic carbocycles. The molecule has 1 rings (SSSR count). The predicted molar refractivity (Wildman–Crippen MR) is 62.9 cm³/mol. The molecule has 1 atom stereocenters. The molecule has 0 heterocycles. The number of hydrogen-bond acceptors (Lipinski definition) is 2. The number of benzene rings is 1. The summed E-state index contributed by atoms with van der Waals surface area (Å²) in [6, 6.07) is 5.40. The summed E-state index contributed by atoms with van der Waals surface area (Å²) in [6.45, 7) is 2.02. The van der Waals surface area contributed by atoms with Crippen molar-refractivity contribution in [3.8, 4) is 0 Å². The lowest BCUT2D eigenvalue weighted by atomic mass is 10.2. The molecule has 0 amide bonds. The SMILES string of the molecule is CCCS(=O)Cc1ccc(Cl)c(N)c1. The van der Waals surface area contributed by atoms with Crippen LogP contribution in [0.4, 0.5) is 5.69 Å². The minimum absolute atomic E-state index is 0.551. The largest absolute Gasteiger partial charge is 0.398 e. The monoisotopic (exact) mass is 231 g/mol. The fourth-order valence-electron chi connectivity index (χ4n) is 1.17. The summed E-state index contributed by atoms with van der Waals surface area (Å²) in [7, 11) is -0.785. The molecule has 4 heteroatoms. The molecular formula is C10H14ClNOS. The second kappa shape index (κ2) is 5.37. The molecule has 2 N–H and O–H groups in total. The number of halogens is 1. The molecule has 1 aromatic carbocycles. The lowest BCUT2D eigenvalue weighted by Gasteiger charge is -2.03. The van der Waals surface area contributed by atoms with Gasteiger partial charge in [-0.1, -0.05) is 24.6 Å². The van der Waals surface area contributed by atoms with E-state index >= 15 is 0 Å². The van der Waals surface area contributed by atoms with E-state index in [4.69, 9.17) is 17.3 Å². The number of hydrogen-bond donors (Lipinski definition) is 1. The van der Waals surface area contributed by atoms with Crippen LogP contribution in [0, 0.1) is 0 Å². The Labute approximate surface area is 91.9 Å². The Morgan fingerprint density at radius 1 is 1.50 bits per heavy atom. The molecule has 0 aliphatic rings. The zero-order chi connectivity index (χ0) is 10.6. The molecule has 0 radical (unpaired) electrons. The van der Waals surface area contributed by atoms with Crippen LogP contribution in [0.25, 0.3) is 0 Å². The zero-order valence-electron chi connectivity index (χ0n) is 8.13. The Balaban J connectivity index is 2.68. The van der Waals surface area contributed by atoms with E-state index in [9.17, 15) is 4.21 Å². The summed E-state index contributed by atoms with van der Waals surface area (Å²) in [4.78, 5) is 0. The summed E-state index contributed by atoms with van der Waals surface area (Å²) >= 11 is 5.78. The third kappa shape index (κ3) is 3.31. The lowest BCUT2D eigenvalue weighted by molar-refractivity contribution is 0.681. The van der Waals surface area contributed by atoms with Crippen LogP contribution in [0.5, 0.6) is 0 Å². The van der Waals surface area contributed by atoms with Crippen LogP contribution in [0.1, 0.15) is 18.9 Å². The molecule has 0 saturated heterocycles. The molecule has 2 nitrogen and oxygen atoms in total. The van der Waals surface area contributed by atoms with E-state index < -0.39 is 10.8 Å². The molecule has 0 aromatic heterocycles. The highest BCUT2D eigenvalue weighted by molar-refractivity contribution is 7.84. The normalized spacial score (nSPS) is 12.7. The Bertz CT molecular complexity index is 341. The van der Waals surface area contributed by atoms with Crippen LogP contribution < -0.4 is 5.73 Å². The molecule has 1 aromatic rings. The molecular weight excluding hydrogens is 218 g/mol. The first-order valence-electron chi connectivity index (χ1n) is 4.52. The first kappa shape index (κ1) is 11.5. The molecule has 1 unspecified atom stereocenters. The summed E-state index contributed by atoms with van der Waals surface area (Å²) in [6.07, 6.45) is 0.940. The first-order valence-corrected chi connectivity index (χ1v) is 6.39. The highest BCUT2D eigenvalue weighted by Gasteiger charge is 2.02. The van der Waals surface area contributed by atoms with E-state index in [2.05, 4.69) is 0 Å². The Morgan fingerprint density at radius 3 is 2.79 bits per heavy atom. The average Bonchev–Trinajstić information content (AvgIpc) is 2.12. The van der Waals surface area contributed by atoms with Gasteiger partial charge in [0.15, 0.2) is 0 Å². The van der Waals surface area contributed by atoms with Crippen molar-refractivity contribution in [3.63, 3.8) is 0 Å². The van der Waals surface area contributed by atoms with Gasteiger partial charge in [-0.2, -0.15) is 0 Å². The van der Waals surface area contributed by atoms with Crippen molar-refractivity contribution in [2.45, 2.75) is 19.1 Å². The second-order valence-electron chi connectivity index (χ2n) is 3.14. The van der Waals surface area contributed by atoms with Gasteiger partial charge >= 0.3 is 0 Å². The van der Waals surface area contributed by atoms with E-state index in [1.165, 1.54) is 0 Å². The van der Waals surface area contributed by atoms with Gasteiger partial charge < -0.3 is 5.73 Å². The predicted octanol–water partition coefficient (Wildman–Crippen LogP) is 2.58. The van der Waals surface area contributed by atoms with Crippen LogP contribution in [0.2, 0.25) is 5.02 Å². The highest BCUT2D eigenvalue weighted by Crippen LogP contribution is 2.20. The van der Waals surface area contributed by atoms with Crippen LogP contribution >= 0.6 is 11.6 Å². The molecule has 78 valence electrons. The summed E-state index contributed by atoms with van der Waals surface area (Å²) < 4.78 is 11.4. The van der Waals surface area contributed by atoms with Crippen molar-refractivity contribution in [1.29, 1.82) is 0 Å². The molecule has 14 heavy (non-hydrogen) atoms. The topological polar surface area (TPSA) is 43.1 Å². The van der Waals surface area contributed by atoms with Crippen molar-refractivity contribution < 1.29 is 4.21 Å². The fraction of sp³-hybridized carbons (Fsp3) is 0.400. The zero-order valence-corrected chi connectivity index (χ0v) is 9.70. The van der Waals surface area contributed by atoms with Gasteiger partial charge in [-0.3, -0.25) is 4.21 Å². The lowest BCUT2D eigenvalue weighted by Crippen LogP contribution is -2.00. The highest BCUT2D eigenvalue weighted by atomic mass is 35.5. The van der Waals surface area contributed by atoms with E-state index in [1.807, 2.05) is 13.0 Å². The van der Waals surface area contributed by atoms with E-state index in [1.54, 1.807) is 12.1 Å². The minimum Gasteiger partial charge on any atom is -0.398 e. The summed E-state index contributed by atoms with van der Waals surface area (Å²) in [5.74, 6) is 1.30. The number of nitrogen functional groups attached to an aromatic ring is 1. The van der Waals surface area contributed by atoms with Crippen LogP contribution in [-0.4, -0.2) is 9.96 Å². The second-order valence-corrected chi connectivity index (χ2v) is 5.13. The van der Waals surface area contributed by atoms with Crippen molar-refractivity contribution >= 4 is 28.1 Å². The van der Waals surface area contributed by atoms with Crippen molar-refractivity contribution in [3.05, 3.63) is 28.8 Å². The van der Waals surface area contributed by atoms with Gasteiger partial charge in [0.2, 0.25) is 0 Å². The Kier molecular flexibility index (Phi) is 4.42.